The van der Waals surface area contributed by atoms with Gasteiger partial charge in [0.2, 0.25) is 0 Å². The van der Waals surface area contributed by atoms with Crippen LogP contribution in [0.5, 0.6) is 0 Å². The number of likely N-dealkylation sites (tertiary alicyclic amines) is 1. The first-order valence-electron chi connectivity index (χ1n) is 5.31. The van der Waals surface area contributed by atoms with Crippen molar-refractivity contribution in [2.75, 3.05) is 13.6 Å². The van der Waals surface area contributed by atoms with Crippen molar-refractivity contribution in [3.05, 3.63) is 24.3 Å². The van der Waals surface area contributed by atoms with Crippen LogP contribution in [-0.4, -0.2) is 39.6 Å². The van der Waals surface area contributed by atoms with Gasteiger partial charge in [0, 0.05) is 18.8 Å². The topological polar surface area (TPSA) is 49.3 Å². The molecule has 1 aromatic rings. The molecule has 15 heavy (non-hydrogen) atoms. The van der Waals surface area contributed by atoms with Crippen LogP contribution in [0, 0.1) is 0 Å². The van der Waals surface area contributed by atoms with E-state index in [2.05, 4.69) is 28.8 Å². The second-order valence-electron chi connectivity index (χ2n) is 4.41. The number of hydrogen-bond acceptors (Lipinski definition) is 4. The summed E-state index contributed by atoms with van der Waals surface area (Å²) in [5.74, 6) is 0. The van der Waals surface area contributed by atoms with Crippen molar-refractivity contribution < 1.29 is 5.11 Å². The van der Waals surface area contributed by atoms with E-state index < -0.39 is 5.60 Å². The molecule has 1 saturated heterocycles. The average molecular weight is 207 g/mol. The molecule has 0 amide bonds. The molecule has 2 atom stereocenters. The van der Waals surface area contributed by atoms with Gasteiger partial charge in [-0.2, -0.15) is 0 Å². The smallest absolute Gasteiger partial charge is 0.115 e. The van der Waals surface area contributed by atoms with Gasteiger partial charge in [-0.3, -0.25) is 0 Å². The molecule has 2 rings (SSSR count). The summed E-state index contributed by atoms with van der Waals surface area (Å²) in [6.45, 7) is 3.03. The van der Waals surface area contributed by atoms with Gasteiger partial charge in [0.1, 0.15) is 11.9 Å². The fraction of sp³-hybridized carbons (Fsp3) is 0.636. The predicted octanol–water partition coefficient (Wildman–Crippen LogP) is 0.778. The zero-order valence-corrected chi connectivity index (χ0v) is 9.22. The number of piperidine rings is 1. The largest absolute Gasteiger partial charge is 0.383 e. The molecule has 1 aliphatic heterocycles. The first-order chi connectivity index (χ1) is 7.12. The van der Waals surface area contributed by atoms with Gasteiger partial charge in [-0.1, -0.05) is 0 Å². The second kappa shape index (κ2) is 3.87. The van der Waals surface area contributed by atoms with Crippen molar-refractivity contribution in [2.24, 2.45) is 0 Å². The molecule has 0 radical (unpaired) electrons. The Balaban J connectivity index is 2.21. The summed E-state index contributed by atoms with van der Waals surface area (Å²) in [4.78, 5) is 10.3. The van der Waals surface area contributed by atoms with Gasteiger partial charge >= 0.3 is 0 Å². The maximum absolute atomic E-state index is 10.5. The van der Waals surface area contributed by atoms with Crippen LogP contribution in [0.25, 0.3) is 0 Å². The van der Waals surface area contributed by atoms with E-state index >= 15 is 0 Å². The van der Waals surface area contributed by atoms with Crippen molar-refractivity contribution in [3.8, 4) is 0 Å². The fourth-order valence-electron chi connectivity index (χ4n) is 2.13. The van der Waals surface area contributed by atoms with Gasteiger partial charge in [0.15, 0.2) is 0 Å². The lowest BCUT2D eigenvalue weighted by Crippen LogP contribution is -2.46. The zero-order chi connectivity index (χ0) is 10.9. The highest BCUT2D eigenvalue weighted by molar-refractivity contribution is 5.12. The standard InChI is InChI=1S/C11H17N3O/c1-9-7-11(15,4-6-14(9)2)10-3-5-12-8-13-10/h3,5,8-9,15H,4,6-7H2,1-2H3. The van der Waals surface area contributed by atoms with Crippen LogP contribution in [0.1, 0.15) is 25.5 Å². The molecule has 82 valence electrons. The number of nitrogens with zero attached hydrogens (tertiary/aromatic N) is 3. The van der Waals surface area contributed by atoms with E-state index in [4.69, 9.17) is 0 Å². The quantitative estimate of drug-likeness (QED) is 0.739. The van der Waals surface area contributed by atoms with E-state index in [1.165, 1.54) is 6.33 Å². The minimum atomic E-state index is -0.769. The van der Waals surface area contributed by atoms with E-state index in [0.717, 1.165) is 25.1 Å². The maximum Gasteiger partial charge on any atom is 0.115 e. The van der Waals surface area contributed by atoms with E-state index in [9.17, 15) is 5.11 Å². The number of aromatic nitrogens is 2. The summed E-state index contributed by atoms with van der Waals surface area (Å²) in [5, 5.41) is 10.5. The van der Waals surface area contributed by atoms with Crippen LogP contribution >= 0.6 is 0 Å². The third-order valence-electron chi connectivity index (χ3n) is 3.32. The molecule has 0 aliphatic carbocycles. The lowest BCUT2D eigenvalue weighted by Gasteiger charge is -2.40. The van der Waals surface area contributed by atoms with Gasteiger partial charge < -0.3 is 10.0 Å². The molecule has 4 nitrogen and oxygen atoms in total. The average Bonchev–Trinajstić information content (AvgIpc) is 2.26. The van der Waals surface area contributed by atoms with E-state index in [-0.39, 0.29) is 0 Å². The monoisotopic (exact) mass is 207 g/mol. The molecule has 0 saturated carbocycles. The van der Waals surface area contributed by atoms with Crippen molar-refractivity contribution in [1.82, 2.24) is 14.9 Å². The van der Waals surface area contributed by atoms with Gasteiger partial charge in [0.05, 0.1) is 5.69 Å². The first-order valence-corrected chi connectivity index (χ1v) is 5.31. The third kappa shape index (κ3) is 2.01. The second-order valence-corrected chi connectivity index (χ2v) is 4.41. The summed E-state index contributed by atoms with van der Waals surface area (Å²) in [5.41, 5.74) is -0.0213. The summed E-state index contributed by atoms with van der Waals surface area (Å²) >= 11 is 0. The molecule has 2 unspecified atom stereocenters. The highest BCUT2D eigenvalue weighted by atomic mass is 16.3. The molecule has 1 aromatic heterocycles. The molecule has 0 aromatic carbocycles. The van der Waals surface area contributed by atoms with Crippen LogP contribution in [0.15, 0.2) is 18.6 Å². The van der Waals surface area contributed by atoms with Crippen LogP contribution < -0.4 is 0 Å². The van der Waals surface area contributed by atoms with Crippen molar-refractivity contribution in [1.29, 1.82) is 0 Å². The van der Waals surface area contributed by atoms with Crippen LogP contribution in [-0.2, 0) is 5.60 Å². The van der Waals surface area contributed by atoms with Gasteiger partial charge in [-0.05, 0) is 32.9 Å². The lowest BCUT2D eigenvalue weighted by atomic mass is 9.84. The maximum atomic E-state index is 10.5. The summed E-state index contributed by atoms with van der Waals surface area (Å²) in [6.07, 6.45) is 4.66. The number of hydrogen-bond donors (Lipinski definition) is 1. The van der Waals surface area contributed by atoms with Gasteiger partial charge in [-0.15, -0.1) is 0 Å². The molecular weight excluding hydrogens is 190 g/mol. The van der Waals surface area contributed by atoms with Gasteiger partial charge in [0.25, 0.3) is 0 Å². The Hall–Kier alpha value is -1.00. The predicted molar refractivity (Wildman–Crippen MR) is 57.3 cm³/mol. The Labute approximate surface area is 90.0 Å². The van der Waals surface area contributed by atoms with Crippen LogP contribution in [0.3, 0.4) is 0 Å². The van der Waals surface area contributed by atoms with Crippen molar-refractivity contribution in [2.45, 2.75) is 31.4 Å². The van der Waals surface area contributed by atoms with Crippen molar-refractivity contribution >= 4 is 0 Å². The Morgan fingerprint density at radius 2 is 2.40 bits per heavy atom. The minimum Gasteiger partial charge on any atom is -0.383 e. The lowest BCUT2D eigenvalue weighted by molar-refractivity contribution is -0.0441. The normalized spacial score (nSPS) is 32.9. The van der Waals surface area contributed by atoms with E-state index in [0.29, 0.717) is 6.04 Å². The molecule has 1 N–H and O–H groups in total. The Morgan fingerprint density at radius 1 is 1.60 bits per heavy atom. The Morgan fingerprint density at radius 3 is 3.00 bits per heavy atom. The first kappa shape index (κ1) is 10.5. The van der Waals surface area contributed by atoms with Crippen LogP contribution in [0.4, 0.5) is 0 Å². The number of rotatable bonds is 1. The van der Waals surface area contributed by atoms with Crippen molar-refractivity contribution in [3.63, 3.8) is 0 Å². The molecule has 1 fully saturated rings. The fourth-order valence-corrected chi connectivity index (χ4v) is 2.13. The molecule has 0 spiro atoms. The highest BCUT2D eigenvalue weighted by Gasteiger charge is 2.37. The Bertz CT molecular complexity index is 330. The highest BCUT2D eigenvalue weighted by Crippen LogP contribution is 2.33. The molecule has 1 aliphatic rings. The molecule has 4 heteroatoms. The molecule has 0 bridgehead atoms. The van der Waals surface area contributed by atoms with Gasteiger partial charge in [-0.25, -0.2) is 9.97 Å². The summed E-state index contributed by atoms with van der Waals surface area (Å²) < 4.78 is 0. The minimum absolute atomic E-state index is 0.388. The Kier molecular flexibility index (Phi) is 2.71. The molecular formula is C11H17N3O. The SMILES string of the molecule is CC1CC(O)(c2ccncn2)CCN1C. The summed E-state index contributed by atoms with van der Waals surface area (Å²) in [6, 6.07) is 2.19. The molecule has 2 heterocycles. The summed E-state index contributed by atoms with van der Waals surface area (Å²) in [7, 11) is 2.09. The third-order valence-corrected chi connectivity index (χ3v) is 3.32. The van der Waals surface area contributed by atoms with Crippen LogP contribution in [0.2, 0.25) is 0 Å². The number of aliphatic hydroxyl groups is 1. The zero-order valence-electron chi connectivity index (χ0n) is 9.22. The van der Waals surface area contributed by atoms with E-state index in [1.54, 1.807) is 12.3 Å². The van der Waals surface area contributed by atoms with E-state index in [1.807, 2.05) is 0 Å².